The number of carbonyl (C=O) groups excluding carboxylic acids is 2. The third kappa shape index (κ3) is 1.87. The Kier molecular flexibility index (Phi) is 3.44. The zero-order valence-electron chi connectivity index (χ0n) is 15.3. The van der Waals surface area contributed by atoms with Gasteiger partial charge in [0, 0.05) is 11.8 Å². The monoisotopic (exact) mass is 332 g/mol. The molecule has 3 heteroatoms. The fourth-order valence-corrected chi connectivity index (χ4v) is 7.05. The zero-order valence-corrected chi connectivity index (χ0v) is 15.3. The maximum absolute atomic E-state index is 14.3. The van der Waals surface area contributed by atoms with Crippen LogP contribution in [0.2, 0.25) is 0 Å². The third-order valence-corrected chi connectivity index (χ3v) is 8.56. The summed E-state index contributed by atoms with van der Waals surface area (Å²) in [6.45, 7) is 8.82. The summed E-state index contributed by atoms with van der Waals surface area (Å²) < 4.78 is 14.3. The van der Waals surface area contributed by atoms with Crippen molar-refractivity contribution in [1.82, 2.24) is 0 Å². The Hall–Kier alpha value is -0.990. The van der Waals surface area contributed by atoms with Gasteiger partial charge in [-0.05, 0) is 66.8 Å². The van der Waals surface area contributed by atoms with E-state index >= 15 is 0 Å². The maximum atomic E-state index is 14.3. The van der Waals surface area contributed by atoms with Gasteiger partial charge in [0.05, 0.1) is 0 Å². The first-order valence-electron chi connectivity index (χ1n) is 9.62. The van der Waals surface area contributed by atoms with Crippen molar-refractivity contribution < 1.29 is 14.0 Å². The van der Waals surface area contributed by atoms with Crippen LogP contribution in [0.4, 0.5) is 4.39 Å². The first-order valence-corrected chi connectivity index (χ1v) is 9.62. The number of carbonyl (C=O) groups is 2. The number of rotatable bonds is 0. The van der Waals surface area contributed by atoms with E-state index in [2.05, 4.69) is 20.8 Å². The van der Waals surface area contributed by atoms with Crippen LogP contribution in [0.5, 0.6) is 0 Å². The Bertz CT molecular complexity index is 638. The average Bonchev–Trinajstić information content (AvgIpc) is 2.74. The number of allylic oxidation sites excluding steroid dienone is 1. The smallest absolute Gasteiger partial charge is 0.173 e. The van der Waals surface area contributed by atoms with Crippen molar-refractivity contribution >= 4 is 11.6 Å². The molecule has 3 saturated carbocycles. The van der Waals surface area contributed by atoms with Crippen molar-refractivity contribution in [3.8, 4) is 0 Å². The Morgan fingerprint density at radius 2 is 1.83 bits per heavy atom. The van der Waals surface area contributed by atoms with Gasteiger partial charge >= 0.3 is 0 Å². The highest BCUT2D eigenvalue weighted by Gasteiger charge is 2.64. The van der Waals surface area contributed by atoms with Gasteiger partial charge in [-0.1, -0.05) is 33.3 Å². The first-order chi connectivity index (χ1) is 11.2. The molecule has 132 valence electrons. The highest BCUT2D eigenvalue weighted by atomic mass is 19.1. The standard InChI is InChI=1S/C21H29FO2/c1-11-7-13-9-14(23)8-12(2)21(13,4)15-5-6-20(3)16(18(11)15)10-17(22)19(20)24/h9,11-12,15-18H,5-8,10H2,1-4H3/t11-,12-,15+,16+,17-,18-,20+,21+/m1/s1. The summed E-state index contributed by atoms with van der Waals surface area (Å²) in [5, 5.41) is 0. The zero-order chi connectivity index (χ0) is 17.4. The number of hydrogen-bond donors (Lipinski definition) is 0. The predicted molar refractivity (Wildman–Crippen MR) is 91.1 cm³/mol. The van der Waals surface area contributed by atoms with Crippen molar-refractivity contribution in [2.24, 2.45) is 40.4 Å². The van der Waals surface area contributed by atoms with Crippen molar-refractivity contribution in [2.75, 3.05) is 0 Å². The Morgan fingerprint density at radius 1 is 1.12 bits per heavy atom. The Balaban J connectivity index is 1.78. The van der Waals surface area contributed by atoms with Crippen LogP contribution in [-0.4, -0.2) is 17.7 Å². The molecule has 3 fully saturated rings. The Labute approximate surface area is 144 Å². The summed E-state index contributed by atoms with van der Waals surface area (Å²) in [5.74, 6) is 1.95. The van der Waals surface area contributed by atoms with E-state index in [4.69, 9.17) is 0 Å². The quantitative estimate of drug-likeness (QED) is 0.653. The van der Waals surface area contributed by atoms with Crippen molar-refractivity contribution in [1.29, 1.82) is 0 Å². The minimum absolute atomic E-state index is 0.0455. The van der Waals surface area contributed by atoms with Gasteiger partial charge in [-0.15, -0.1) is 0 Å². The van der Waals surface area contributed by atoms with Crippen LogP contribution >= 0.6 is 0 Å². The van der Waals surface area contributed by atoms with Gasteiger partial charge in [-0.3, -0.25) is 9.59 Å². The lowest BCUT2D eigenvalue weighted by atomic mass is 9.43. The van der Waals surface area contributed by atoms with Crippen molar-refractivity contribution in [2.45, 2.75) is 66.0 Å². The number of alkyl halides is 1. The molecule has 0 heterocycles. The lowest BCUT2D eigenvalue weighted by molar-refractivity contribution is -0.138. The number of Topliss-reactive ketones (excluding diaryl/α,β-unsaturated/α-hetero) is 1. The van der Waals surface area contributed by atoms with Crippen LogP contribution in [0.25, 0.3) is 0 Å². The molecule has 0 aromatic carbocycles. The van der Waals surface area contributed by atoms with Gasteiger partial charge in [0.1, 0.15) is 0 Å². The minimum atomic E-state index is -1.26. The molecule has 0 radical (unpaired) electrons. The molecule has 4 aliphatic carbocycles. The summed E-state index contributed by atoms with van der Waals surface area (Å²) in [6, 6.07) is 0. The highest BCUT2D eigenvalue weighted by Crippen LogP contribution is 2.66. The second-order valence-electron chi connectivity index (χ2n) is 9.52. The van der Waals surface area contributed by atoms with E-state index in [0.29, 0.717) is 36.5 Å². The average molecular weight is 332 g/mol. The number of fused-ring (bicyclic) bond motifs is 5. The van der Waals surface area contributed by atoms with Crippen LogP contribution in [0.3, 0.4) is 0 Å². The fourth-order valence-electron chi connectivity index (χ4n) is 7.05. The molecule has 0 aromatic heterocycles. The van der Waals surface area contributed by atoms with E-state index in [-0.39, 0.29) is 22.9 Å². The molecule has 0 saturated heterocycles. The largest absolute Gasteiger partial charge is 0.296 e. The molecule has 0 bridgehead atoms. The van der Waals surface area contributed by atoms with Gasteiger partial charge in [0.15, 0.2) is 17.7 Å². The highest BCUT2D eigenvalue weighted by molar-refractivity contribution is 5.92. The lowest BCUT2D eigenvalue weighted by Crippen LogP contribution is -2.55. The Morgan fingerprint density at radius 3 is 2.54 bits per heavy atom. The summed E-state index contributed by atoms with van der Waals surface area (Å²) >= 11 is 0. The van der Waals surface area contributed by atoms with Crippen LogP contribution in [0.1, 0.15) is 59.8 Å². The molecular formula is C21H29FO2. The summed E-state index contributed by atoms with van der Waals surface area (Å²) in [6.07, 6.45) is 4.44. The lowest BCUT2D eigenvalue weighted by Gasteiger charge is -2.60. The second-order valence-corrected chi connectivity index (χ2v) is 9.52. The number of hydrogen-bond acceptors (Lipinski definition) is 2. The van der Waals surface area contributed by atoms with E-state index in [1.54, 1.807) is 0 Å². The summed E-state index contributed by atoms with van der Waals surface area (Å²) in [7, 11) is 0. The van der Waals surface area contributed by atoms with E-state index in [9.17, 15) is 14.0 Å². The second kappa shape index (κ2) is 5.02. The van der Waals surface area contributed by atoms with Gasteiger partial charge < -0.3 is 0 Å². The van der Waals surface area contributed by atoms with Gasteiger partial charge in [0.2, 0.25) is 0 Å². The normalized spacial score (nSPS) is 54.0. The van der Waals surface area contributed by atoms with E-state index in [1.807, 2.05) is 13.0 Å². The van der Waals surface area contributed by atoms with E-state index in [1.165, 1.54) is 5.57 Å². The van der Waals surface area contributed by atoms with Gasteiger partial charge in [-0.2, -0.15) is 0 Å². The third-order valence-electron chi connectivity index (χ3n) is 8.56. The molecule has 0 spiro atoms. The topological polar surface area (TPSA) is 34.1 Å². The van der Waals surface area contributed by atoms with Gasteiger partial charge in [0.25, 0.3) is 0 Å². The fraction of sp³-hybridized carbons (Fsp3) is 0.810. The summed E-state index contributed by atoms with van der Waals surface area (Å²) in [5.41, 5.74) is 0.911. The molecule has 2 nitrogen and oxygen atoms in total. The molecular weight excluding hydrogens is 303 g/mol. The van der Waals surface area contributed by atoms with Crippen molar-refractivity contribution in [3.05, 3.63) is 11.6 Å². The van der Waals surface area contributed by atoms with Gasteiger partial charge in [-0.25, -0.2) is 4.39 Å². The molecule has 4 rings (SSSR count). The van der Waals surface area contributed by atoms with Crippen molar-refractivity contribution in [3.63, 3.8) is 0 Å². The van der Waals surface area contributed by atoms with E-state index in [0.717, 1.165) is 19.3 Å². The van der Waals surface area contributed by atoms with Crippen LogP contribution < -0.4 is 0 Å². The molecule has 8 atom stereocenters. The number of halogens is 1. The first kappa shape index (κ1) is 16.5. The molecule has 0 N–H and O–H groups in total. The molecule has 24 heavy (non-hydrogen) atoms. The molecule has 0 amide bonds. The number of ketones is 2. The molecule has 0 aliphatic heterocycles. The predicted octanol–water partition coefficient (Wildman–Crippen LogP) is 4.53. The summed E-state index contributed by atoms with van der Waals surface area (Å²) in [4.78, 5) is 24.6. The SMILES string of the molecule is C[C@@H]1CC2=CC(=O)C[C@@H](C)[C@]2(C)[C@H]2CC[C@]3(C)C(=O)[C@H](F)C[C@H]3[C@H]12. The molecule has 0 unspecified atom stereocenters. The van der Waals surface area contributed by atoms with E-state index < -0.39 is 11.6 Å². The maximum Gasteiger partial charge on any atom is 0.173 e. The molecule has 0 aromatic rings. The van der Waals surface area contributed by atoms with Crippen LogP contribution in [-0.2, 0) is 9.59 Å². The molecule has 4 aliphatic rings. The van der Waals surface area contributed by atoms with Crippen LogP contribution in [0, 0.1) is 40.4 Å². The minimum Gasteiger partial charge on any atom is -0.296 e. The van der Waals surface area contributed by atoms with Crippen LogP contribution in [0.15, 0.2) is 11.6 Å².